The van der Waals surface area contributed by atoms with Gasteiger partial charge >= 0.3 is 0 Å². The zero-order valence-corrected chi connectivity index (χ0v) is 20.3. The van der Waals surface area contributed by atoms with E-state index in [1.54, 1.807) is 12.3 Å². The monoisotopic (exact) mass is 493 g/mol. The molecule has 178 valence electrons. The first-order chi connectivity index (χ1) is 15.7. The molecule has 0 spiro atoms. The third kappa shape index (κ3) is 5.75. The second kappa shape index (κ2) is 9.84. The van der Waals surface area contributed by atoms with Gasteiger partial charge in [-0.2, -0.15) is 0 Å². The number of rotatable bonds is 7. The maximum absolute atomic E-state index is 12.1. The number of amides is 1. The third-order valence-corrected chi connectivity index (χ3v) is 6.71. The summed E-state index contributed by atoms with van der Waals surface area (Å²) < 4.78 is 32.9. The van der Waals surface area contributed by atoms with Crippen LogP contribution in [-0.2, 0) is 26.1 Å². The highest BCUT2D eigenvalue weighted by Gasteiger charge is 2.24. The Labute approximate surface area is 198 Å². The van der Waals surface area contributed by atoms with E-state index in [1.807, 2.05) is 27.5 Å². The van der Waals surface area contributed by atoms with Gasteiger partial charge in [0.15, 0.2) is 0 Å². The molecule has 1 aliphatic heterocycles. The van der Waals surface area contributed by atoms with Crippen LogP contribution in [0.3, 0.4) is 0 Å². The van der Waals surface area contributed by atoms with Crippen LogP contribution in [0.25, 0.3) is 11.2 Å². The number of methoxy groups -OCH3 is 1. The first-order valence-corrected chi connectivity index (χ1v) is 13.0. The SMILES string of the molecule is COCC(=O)N1CCN(Cc2c(C3=CC=C(Cl)CC3)nc3ccc(NS(C)(=O)=O)cn23)CC1. The van der Waals surface area contributed by atoms with Gasteiger partial charge in [-0.3, -0.25) is 18.8 Å². The largest absolute Gasteiger partial charge is 0.375 e. The molecule has 1 fully saturated rings. The van der Waals surface area contributed by atoms with Crippen molar-refractivity contribution in [1.29, 1.82) is 0 Å². The summed E-state index contributed by atoms with van der Waals surface area (Å²) in [5, 5.41) is 0.820. The number of ether oxygens (including phenoxy) is 1. The van der Waals surface area contributed by atoms with Crippen LogP contribution < -0.4 is 4.72 Å². The molecule has 0 saturated carbocycles. The number of allylic oxidation sites excluding steroid dienone is 4. The molecule has 0 bridgehead atoms. The van der Waals surface area contributed by atoms with E-state index in [2.05, 4.69) is 9.62 Å². The number of aromatic nitrogens is 2. The second-order valence-corrected chi connectivity index (χ2v) is 10.6. The molecule has 1 saturated heterocycles. The molecule has 9 nitrogen and oxygen atoms in total. The number of fused-ring (bicyclic) bond motifs is 1. The van der Waals surface area contributed by atoms with Gasteiger partial charge in [0.25, 0.3) is 0 Å². The molecule has 1 amide bonds. The molecule has 0 aromatic carbocycles. The summed E-state index contributed by atoms with van der Waals surface area (Å²) in [7, 11) is -1.88. The van der Waals surface area contributed by atoms with E-state index in [4.69, 9.17) is 21.3 Å². The minimum absolute atomic E-state index is 0.000148. The topological polar surface area (TPSA) is 96.2 Å². The fourth-order valence-electron chi connectivity index (χ4n) is 4.17. The average molecular weight is 494 g/mol. The van der Waals surface area contributed by atoms with Gasteiger partial charge in [0.2, 0.25) is 15.9 Å². The Hall–Kier alpha value is -2.40. The Bertz CT molecular complexity index is 1210. The van der Waals surface area contributed by atoms with Crippen LogP contribution in [0.15, 0.2) is 35.5 Å². The molecule has 1 aliphatic carbocycles. The third-order valence-electron chi connectivity index (χ3n) is 5.79. The predicted molar refractivity (Wildman–Crippen MR) is 129 cm³/mol. The summed E-state index contributed by atoms with van der Waals surface area (Å²) in [6.07, 6.45) is 8.37. The Morgan fingerprint density at radius 2 is 1.94 bits per heavy atom. The summed E-state index contributed by atoms with van der Waals surface area (Å²) in [5.74, 6) is 0.000148. The minimum Gasteiger partial charge on any atom is -0.375 e. The fraction of sp³-hybridized carbons (Fsp3) is 0.455. The lowest BCUT2D eigenvalue weighted by Crippen LogP contribution is -2.49. The van der Waals surface area contributed by atoms with E-state index in [1.165, 1.54) is 7.11 Å². The van der Waals surface area contributed by atoms with Crippen molar-refractivity contribution in [3.05, 3.63) is 46.9 Å². The van der Waals surface area contributed by atoms with Gasteiger partial charge in [-0.15, -0.1) is 0 Å². The molecule has 2 aliphatic rings. The number of nitrogens with one attached hydrogen (secondary N) is 1. The number of anilines is 1. The van der Waals surface area contributed by atoms with Crippen LogP contribution in [0.2, 0.25) is 0 Å². The highest BCUT2D eigenvalue weighted by Crippen LogP contribution is 2.31. The van der Waals surface area contributed by atoms with Gasteiger partial charge in [0, 0.05) is 51.1 Å². The molecule has 1 N–H and O–H groups in total. The van der Waals surface area contributed by atoms with Crippen LogP contribution in [0, 0.1) is 0 Å². The molecular formula is C22H28ClN5O4S. The second-order valence-electron chi connectivity index (χ2n) is 8.32. The van der Waals surface area contributed by atoms with E-state index >= 15 is 0 Å². The number of pyridine rings is 1. The molecule has 3 heterocycles. The number of hydrogen-bond acceptors (Lipinski definition) is 6. The van der Waals surface area contributed by atoms with Crippen LogP contribution >= 0.6 is 11.6 Å². The first-order valence-electron chi connectivity index (χ1n) is 10.8. The zero-order valence-electron chi connectivity index (χ0n) is 18.8. The van der Waals surface area contributed by atoms with Crippen molar-refractivity contribution in [1.82, 2.24) is 19.2 Å². The summed E-state index contributed by atoms with van der Waals surface area (Å²) in [4.78, 5) is 21.1. The summed E-state index contributed by atoms with van der Waals surface area (Å²) >= 11 is 6.16. The van der Waals surface area contributed by atoms with E-state index in [0.717, 1.165) is 59.8 Å². The number of carbonyl (C=O) groups excluding carboxylic acids is 1. The lowest BCUT2D eigenvalue weighted by atomic mass is 10.0. The molecule has 0 atom stereocenters. The smallest absolute Gasteiger partial charge is 0.248 e. The molecule has 2 aromatic rings. The van der Waals surface area contributed by atoms with Gasteiger partial charge in [-0.05, 0) is 36.6 Å². The van der Waals surface area contributed by atoms with Gasteiger partial charge in [0.05, 0.1) is 23.3 Å². The van der Waals surface area contributed by atoms with E-state index in [0.29, 0.717) is 25.3 Å². The first kappa shape index (κ1) is 23.7. The van der Waals surface area contributed by atoms with Crippen molar-refractivity contribution in [3.8, 4) is 0 Å². The summed E-state index contributed by atoms with van der Waals surface area (Å²) in [5.41, 5.74) is 4.20. The molecule has 33 heavy (non-hydrogen) atoms. The van der Waals surface area contributed by atoms with Crippen molar-refractivity contribution >= 4 is 44.4 Å². The molecule has 0 unspecified atom stereocenters. The Morgan fingerprint density at radius 3 is 2.58 bits per heavy atom. The quantitative estimate of drug-likeness (QED) is 0.635. The zero-order chi connectivity index (χ0) is 23.6. The normalized spacial score (nSPS) is 17.7. The highest BCUT2D eigenvalue weighted by atomic mass is 35.5. The minimum atomic E-state index is -3.40. The van der Waals surface area contributed by atoms with Crippen LogP contribution in [-0.4, -0.2) is 79.7 Å². The molecule has 0 radical (unpaired) electrons. The lowest BCUT2D eigenvalue weighted by Gasteiger charge is -2.34. The van der Waals surface area contributed by atoms with Crippen LogP contribution in [0.5, 0.6) is 0 Å². The maximum Gasteiger partial charge on any atom is 0.248 e. The lowest BCUT2D eigenvalue weighted by molar-refractivity contribution is -0.136. The van der Waals surface area contributed by atoms with Gasteiger partial charge in [0.1, 0.15) is 12.3 Å². The van der Waals surface area contributed by atoms with Gasteiger partial charge < -0.3 is 9.64 Å². The highest BCUT2D eigenvalue weighted by molar-refractivity contribution is 7.92. The predicted octanol–water partition coefficient (Wildman–Crippen LogP) is 2.30. The fourth-order valence-corrected chi connectivity index (χ4v) is 4.87. The van der Waals surface area contributed by atoms with E-state index in [9.17, 15) is 13.2 Å². The summed E-state index contributed by atoms with van der Waals surface area (Å²) in [6.45, 7) is 3.45. The number of hydrogen-bond donors (Lipinski definition) is 1. The Balaban J connectivity index is 1.65. The van der Waals surface area contributed by atoms with Crippen molar-refractivity contribution in [2.45, 2.75) is 19.4 Å². The van der Waals surface area contributed by atoms with Crippen molar-refractivity contribution in [2.24, 2.45) is 0 Å². The number of carbonyl (C=O) groups is 1. The van der Waals surface area contributed by atoms with Crippen LogP contribution in [0.1, 0.15) is 24.2 Å². The maximum atomic E-state index is 12.1. The van der Waals surface area contributed by atoms with Gasteiger partial charge in [-0.25, -0.2) is 13.4 Å². The molecule has 11 heteroatoms. The van der Waals surface area contributed by atoms with E-state index < -0.39 is 10.0 Å². The van der Waals surface area contributed by atoms with Gasteiger partial charge in [-0.1, -0.05) is 17.7 Å². The number of sulfonamides is 1. The standard InChI is InChI=1S/C22H28ClN5O4S/c1-32-15-21(29)27-11-9-26(10-12-27)14-19-22(16-3-5-17(23)6-4-16)24-20-8-7-18(13-28(19)20)25-33(2,30)31/h3,5,7-8,13,25H,4,6,9-12,14-15H2,1-2H3. The number of piperazine rings is 1. The molecular weight excluding hydrogens is 466 g/mol. The Kier molecular flexibility index (Phi) is 7.08. The number of imidazole rings is 1. The molecule has 2 aromatic heterocycles. The van der Waals surface area contributed by atoms with Crippen molar-refractivity contribution in [2.75, 3.05) is 50.9 Å². The van der Waals surface area contributed by atoms with E-state index in [-0.39, 0.29) is 12.5 Å². The summed E-state index contributed by atoms with van der Waals surface area (Å²) in [6, 6.07) is 3.53. The van der Waals surface area contributed by atoms with Crippen molar-refractivity contribution in [3.63, 3.8) is 0 Å². The Morgan fingerprint density at radius 1 is 1.18 bits per heavy atom. The number of halogens is 1. The van der Waals surface area contributed by atoms with Crippen molar-refractivity contribution < 1.29 is 17.9 Å². The molecule has 4 rings (SSSR count). The average Bonchev–Trinajstić information content (AvgIpc) is 3.11. The number of nitrogens with zero attached hydrogens (tertiary/aromatic N) is 4. The van der Waals surface area contributed by atoms with Crippen LogP contribution in [0.4, 0.5) is 5.69 Å².